The van der Waals surface area contributed by atoms with E-state index in [1.54, 1.807) is 16.8 Å². The summed E-state index contributed by atoms with van der Waals surface area (Å²) in [5.41, 5.74) is 5.10. The summed E-state index contributed by atoms with van der Waals surface area (Å²) in [6, 6.07) is 14.1. The van der Waals surface area contributed by atoms with Crippen LogP contribution in [-0.2, 0) is 53.7 Å². The second kappa shape index (κ2) is 8.90. The van der Waals surface area contributed by atoms with Crippen molar-refractivity contribution in [2.45, 2.75) is 38.9 Å². The van der Waals surface area contributed by atoms with Gasteiger partial charge in [0.1, 0.15) is 5.82 Å². The van der Waals surface area contributed by atoms with Gasteiger partial charge in [-0.1, -0.05) is 48.0 Å². The summed E-state index contributed by atoms with van der Waals surface area (Å²) in [6.45, 7) is 3.38. The van der Waals surface area contributed by atoms with Gasteiger partial charge in [-0.2, -0.15) is 9.40 Å². The van der Waals surface area contributed by atoms with Crippen molar-refractivity contribution < 1.29 is 17.5 Å². The highest BCUT2D eigenvalue weighted by atomic mass is 32.2. The summed E-state index contributed by atoms with van der Waals surface area (Å²) >= 11 is 0. The van der Waals surface area contributed by atoms with Gasteiger partial charge in [0, 0.05) is 43.4 Å². The Morgan fingerprint density at radius 1 is 1.10 bits per heavy atom. The molecule has 4 rings (SSSR count). The second-order valence-corrected chi connectivity index (χ2v) is 9.87. The zero-order chi connectivity index (χ0) is 22.0. The molecule has 0 atom stereocenters. The molecule has 0 radical (unpaired) electrons. The summed E-state index contributed by atoms with van der Waals surface area (Å²) in [4.78, 5) is 0. The van der Waals surface area contributed by atoms with E-state index in [1.165, 1.54) is 22.0 Å². The third kappa shape index (κ3) is 4.87. The lowest BCUT2D eigenvalue weighted by Crippen LogP contribution is -2.37. The molecule has 1 aliphatic heterocycles. The van der Waals surface area contributed by atoms with E-state index in [0.29, 0.717) is 26.2 Å². The molecule has 164 valence electrons. The quantitative estimate of drug-likeness (QED) is 0.561. The highest BCUT2D eigenvalue weighted by Gasteiger charge is 2.31. The van der Waals surface area contributed by atoms with Gasteiger partial charge in [-0.15, -0.1) is 0 Å². The van der Waals surface area contributed by atoms with Crippen molar-refractivity contribution in [3.8, 4) is 0 Å². The Kier molecular flexibility index (Phi) is 6.22. The van der Waals surface area contributed by atoms with E-state index in [-0.39, 0.29) is 17.9 Å². The first kappa shape index (κ1) is 21.7. The first-order valence-electron chi connectivity index (χ1n) is 10.2. The molecule has 0 aliphatic carbocycles. The molecule has 3 aromatic rings. The Balaban J connectivity index is 1.46. The number of nitrogens with zero attached hydrogens (tertiary/aromatic N) is 3. The largest absolute Gasteiger partial charge is 0.370 e. The fourth-order valence-electron chi connectivity index (χ4n) is 3.85. The van der Waals surface area contributed by atoms with Gasteiger partial charge in [-0.25, -0.2) is 12.8 Å². The smallest absolute Gasteiger partial charge is 0.218 e. The van der Waals surface area contributed by atoms with Crippen LogP contribution in [0.15, 0.2) is 48.5 Å². The topological polar surface area (TPSA) is 64.4 Å². The van der Waals surface area contributed by atoms with Crippen molar-refractivity contribution in [3.05, 3.63) is 88.0 Å². The summed E-state index contributed by atoms with van der Waals surface area (Å²) in [5.74, 6) is -0.857. The Morgan fingerprint density at radius 3 is 2.58 bits per heavy atom. The third-order valence-corrected chi connectivity index (χ3v) is 7.38. The minimum atomic E-state index is -3.66. The zero-order valence-electron chi connectivity index (χ0n) is 17.7. The summed E-state index contributed by atoms with van der Waals surface area (Å²) in [7, 11) is -1.79. The zero-order valence-corrected chi connectivity index (χ0v) is 18.5. The molecular weight excluding hydrogens is 417 g/mol. The number of hydrogen-bond acceptors (Lipinski definition) is 4. The minimum absolute atomic E-state index is 0.182. The standard InChI is InChI=1S/C23H26FN3O3S/c1-17-7-9-18(10-8-17)14-30-15-22-20-13-27(12-11-23(20)26(2)25-22)31(28,29)16-19-5-3-4-6-21(19)24/h3-10H,11-16H2,1-2H3. The Labute approximate surface area is 182 Å². The lowest BCUT2D eigenvalue weighted by Gasteiger charge is -2.27. The number of fused-ring (bicyclic) bond motifs is 1. The van der Waals surface area contributed by atoms with Gasteiger partial charge in [-0.05, 0) is 18.6 Å². The fourth-order valence-corrected chi connectivity index (χ4v) is 5.36. The van der Waals surface area contributed by atoms with E-state index in [0.717, 1.165) is 22.5 Å². The van der Waals surface area contributed by atoms with Gasteiger partial charge < -0.3 is 4.74 Å². The molecule has 2 aromatic carbocycles. The molecule has 8 heteroatoms. The minimum Gasteiger partial charge on any atom is -0.370 e. The molecule has 31 heavy (non-hydrogen) atoms. The van der Waals surface area contributed by atoms with E-state index in [2.05, 4.69) is 5.10 Å². The van der Waals surface area contributed by atoms with Gasteiger partial charge in [0.15, 0.2) is 0 Å². The van der Waals surface area contributed by atoms with Crippen molar-refractivity contribution in [3.63, 3.8) is 0 Å². The van der Waals surface area contributed by atoms with E-state index >= 15 is 0 Å². The molecule has 0 saturated heterocycles. The van der Waals surface area contributed by atoms with Crippen LogP contribution in [0, 0.1) is 12.7 Å². The number of halogens is 1. The molecule has 0 bridgehead atoms. The van der Waals surface area contributed by atoms with Crippen molar-refractivity contribution >= 4 is 10.0 Å². The number of hydrogen-bond donors (Lipinski definition) is 0. The van der Waals surface area contributed by atoms with Crippen LogP contribution < -0.4 is 0 Å². The van der Waals surface area contributed by atoms with Gasteiger partial charge >= 0.3 is 0 Å². The Morgan fingerprint density at radius 2 is 1.84 bits per heavy atom. The van der Waals surface area contributed by atoms with Gasteiger partial charge in [0.2, 0.25) is 10.0 Å². The van der Waals surface area contributed by atoms with Gasteiger partial charge in [0.05, 0.1) is 24.7 Å². The molecule has 0 spiro atoms. The van der Waals surface area contributed by atoms with Crippen LogP contribution in [0.2, 0.25) is 0 Å². The first-order valence-corrected chi connectivity index (χ1v) is 11.8. The second-order valence-electron chi connectivity index (χ2n) is 7.91. The lowest BCUT2D eigenvalue weighted by molar-refractivity contribution is 0.103. The number of ether oxygens (including phenoxy) is 1. The van der Waals surface area contributed by atoms with Crippen LogP contribution in [0.5, 0.6) is 0 Å². The van der Waals surface area contributed by atoms with Gasteiger partial charge in [0.25, 0.3) is 0 Å². The maximum Gasteiger partial charge on any atom is 0.218 e. The molecule has 6 nitrogen and oxygen atoms in total. The molecule has 0 N–H and O–H groups in total. The van der Waals surface area contributed by atoms with Crippen molar-refractivity contribution in [1.82, 2.24) is 14.1 Å². The van der Waals surface area contributed by atoms with Crippen molar-refractivity contribution in [2.75, 3.05) is 6.54 Å². The lowest BCUT2D eigenvalue weighted by atomic mass is 10.1. The number of aryl methyl sites for hydroxylation is 2. The fraction of sp³-hybridized carbons (Fsp3) is 0.348. The van der Waals surface area contributed by atoms with E-state index in [9.17, 15) is 12.8 Å². The molecular formula is C23H26FN3O3S. The van der Waals surface area contributed by atoms with Crippen LogP contribution in [0.25, 0.3) is 0 Å². The molecule has 1 aliphatic rings. The summed E-state index contributed by atoms with van der Waals surface area (Å²) in [5, 5.41) is 4.56. The molecule has 1 aromatic heterocycles. The van der Waals surface area contributed by atoms with Gasteiger partial charge in [-0.3, -0.25) is 4.68 Å². The highest BCUT2D eigenvalue weighted by molar-refractivity contribution is 7.88. The maximum absolute atomic E-state index is 14.0. The number of aromatic nitrogens is 2. The number of benzene rings is 2. The van der Waals surface area contributed by atoms with Crippen LogP contribution in [-0.4, -0.2) is 29.0 Å². The molecule has 0 amide bonds. The normalized spacial score (nSPS) is 14.5. The Bertz CT molecular complexity index is 1170. The van der Waals surface area contributed by atoms with Crippen molar-refractivity contribution in [2.24, 2.45) is 7.05 Å². The summed E-state index contributed by atoms with van der Waals surface area (Å²) in [6.07, 6.45) is 0.563. The monoisotopic (exact) mass is 443 g/mol. The number of sulfonamides is 1. The Hall–Kier alpha value is -2.55. The van der Waals surface area contributed by atoms with Crippen LogP contribution in [0.3, 0.4) is 0 Å². The molecule has 0 fully saturated rings. The molecule has 0 unspecified atom stereocenters. The van der Waals surface area contributed by atoms with Crippen LogP contribution in [0.1, 0.15) is 33.6 Å². The van der Waals surface area contributed by atoms with Crippen LogP contribution in [0.4, 0.5) is 4.39 Å². The summed E-state index contributed by atoms with van der Waals surface area (Å²) < 4.78 is 49.0. The van der Waals surface area contributed by atoms with Crippen LogP contribution >= 0.6 is 0 Å². The molecule has 2 heterocycles. The van der Waals surface area contributed by atoms with Crippen molar-refractivity contribution in [1.29, 1.82) is 0 Å². The van der Waals surface area contributed by atoms with E-state index in [4.69, 9.17) is 4.74 Å². The highest BCUT2D eigenvalue weighted by Crippen LogP contribution is 2.26. The third-order valence-electron chi connectivity index (χ3n) is 5.61. The average molecular weight is 444 g/mol. The maximum atomic E-state index is 14.0. The predicted molar refractivity (Wildman–Crippen MR) is 116 cm³/mol. The van der Waals surface area contributed by atoms with E-state index in [1.807, 2.05) is 38.2 Å². The van der Waals surface area contributed by atoms with E-state index < -0.39 is 15.8 Å². The molecule has 0 saturated carbocycles. The first-order chi connectivity index (χ1) is 14.8. The number of rotatable bonds is 7. The predicted octanol–water partition coefficient (Wildman–Crippen LogP) is 3.47. The SMILES string of the molecule is Cc1ccc(COCc2nn(C)c3c2CN(S(=O)(=O)Cc2ccccc2F)CC3)cc1. The average Bonchev–Trinajstić information content (AvgIpc) is 3.06.